The van der Waals surface area contributed by atoms with Crippen LogP contribution in [0.15, 0.2) is 35.1 Å². The van der Waals surface area contributed by atoms with Gasteiger partial charge >= 0.3 is 0 Å². The van der Waals surface area contributed by atoms with Crippen molar-refractivity contribution >= 4 is 39.9 Å². The Bertz CT molecular complexity index is 832. The molecule has 1 aliphatic heterocycles. The molecule has 0 N–H and O–H groups in total. The molecule has 1 aromatic heterocycles. The topological polar surface area (TPSA) is 54.9 Å². The number of likely N-dealkylation sites (N-methyl/N-ethyl adjacent to an activating group) is 1. The highest BCUT2D eigenvalue weighted by atomic mass is 79.9. The van der Waals surface area contributed by atoms with Gasteiger partial charge in [-0.25, -0.2) is 4.98 Å². The molecule has 27 heavy (non-hydrogen) atoms. The second-order valence-electron chi connectivity index (χ2n) is 6.41. The number of benzene rings is 1. The Morgan fingerprint density at radius 1 is 1.26 bits per heavy atom. The standard InChI is InChI=1S/C19H22BrN3O3.ClH/c1-22(2)13-8-12-9-16(25-3)17(26-4)10-15(12)23(11-13)19(24)14-6-5-7-21-18(14)20;/h5-7,9-10,13H,8,11H2,1-4H3;1H. The molecule has 8 heteroatoms. The first kappa shape index (κ1) is 21.5. The van der Waals surface area contributed by atoms with Crippen molar-refractivity contribution in [3.05, 3.63) is 46.2 Å². The predicted octanol–water partition coefficient (Wildman–Crippen LogP) is 3.42. The van der Waals surface area contributed by atoms with E-state index in [4.69, 9.17) is 9.47 Å². The van der Waals surface area contributed by atoms with Crippen molar-refractivity contribution in [2.75, 3.05) is 39.8 Å². The molecule has 6 nitrogen and oxygen atoms in total. The number of rotatable bonds is 4. The maximum absolute atomic E-state index is 13.3. The Morgan fingerprint density at radius 3 is 2.52 bits per heavy atom. The Balaban J connectivity index is 0.00000261. The Hall–Kier alpha value is -1.83. The van der Waals surface area contributed by atoms with Crippen LogP contribution in [0.4, 0.5) is 5.69 Å². The number of ether oxygens (including phenoxy) is 2. The van der Waals surface area contributed by atoms with E-state index in [9.17, 15) is 4.79 Å². The summed E-state index contributed by atoms with van der Waals surface area (Å²) >= 11 is 3.38. The molecule has 2 aromatic rings. The summed E-state index contributed by atoms with van der Waals surface area (Å²) in [4.78, 5) is 21.4. The highest BCUT2D eigenvalue weighted by Crippen LogP contribution is 2.39. The van der Waals surface area contributed by atoms with E-state index in [0.29, 0.717) is 28.2 Å². The van der Waals surface area contributed by atoms with Crippen LogP contribution >= 0.6 is 28.3 Å². The van der Waals surface area contributed by atoms with E-state index in [0.717, 1.165) is 17.7 Å². The number of aromatic nitrogens is 1. The van der Waals surface area contributed by atoms with Crippen molar-refractivity contribution in [2.45, 2.75) is 12.5 Å². The molecule has 1 unspecified atom stereocenters. The average molecular weight is 457 g/mol. The van der Waals surface area contributed by atoms with E-state index >= 15 is 0 Å². The maximum atomic E-state index is 13.3. The fraction of sp³-hybridized carbons (Fsp3) is 0.368. The first-order chi connectivity index (χ1) is 12.5. The average Bonchev–Trinajstić information content (AvgIpc) is 2.65. The predicted molar refractivity (Wildman–Crippen MR) is 112 cm³/mol. The van der Waals surface area contributed by atoms with Gasteiger partial charge in [0.05, 0.1) is 25.5 Å². The summed E-state index contributed by atoms with van der Waals surface area (Å²) in [5, 5.41) is 0. The number of hydrogen-bond donors (Lipinski definition) is 0. The zero-order valence-corrected chi connectivity index (χ0v) is 18.1. The first-order valence-electron chi connectivity index (χ1n) is 8.30. The van der Waals surface area contributed by atoms with Gasteiger partial charge in [0.1, 0.15) is 4.60 Å². The molecule has 1 amide bonds. The van der Waals surface area contributed by atoms with Gasteiger partial charge in [0.15, 0.2) is 11.5 Å². The molecule has 0 saturated heterocycles. The molecule has 1 aliphatic rings. The molecule has 0 radical (unpaired) electrons. The van der Waals surface area contributed by atoms with E-state index in [-0.39, 0.29) is 24.4 Å². The second kappa shape index (κ2) is 8.91. The number of fused-ring (bicyclic) bond motifs is 1. The third-order valence-corrected chi connectivity index (χ3v) is 5.32. The summed E-state index contributed by atoms with van der Waals surface area (Å²) in [5.74, 6) is 1.18. The number of nitrogens with zero attached hydrogens (tertiary/aromatic N) is 3. The van der Waals surface area contributed by atoms with Crippen molar-refractivity contribution in [1.29, 1.82) is 0 Å². The highest BCUT2D eigenvalue weighted by Gasteiger charge is 2.32. The molecule has 1 aromatic carbocycles. The van der Waals surface area contributed by atoms with Crippen LogP contribution in [0.1, 0.15) is 15.9 Å². The van der Waals surface area contributed by atoms with Gasteiger partial charge in [-0.15, -0.1) is 12.4 Å². The van der Waals surface area contributed by atoms with E-state index in [1.165, 1.54) is 0 Å². The number of hydrogen-bond acceptors (Lipinski definition) is 5. The number of amides is 1. The largest absolute Gasteiger partial charge is 0.493 e. The van der Waals surface area contributed by atoms with E-state index in [1.807, 2.05) is 26.2 Å². The lowest BCUT2D eigenvalue weighted by Crippen LogP contribution is -2.48. The van der Waals surface area contributed by atoms with Crippen molar-refractivity contribution in [3.8, 4) is 11.5 Å². The Kier molecular flexibility index (Phi) is 7.08. The highest BCUT2D eigenvalue weighted by molar-refractivity contribution is 9.10. The normalized spacial score (nSPS) is 15.8. The van der Waals surface area contributed by atoms with Crippen molar-refractivity contribution in [3.63, 3.8) is 0 Å². The van der Waals surface area contributed by atoms with Crippen LogP contribution in [0, 0.1) is 0 Å². The van der Waals surface area contributed by atoms with Crippen LogP contribution in [0.25, 0.3) is 0 Å². The van der Waals surface area contributed by atoms with Crippen LogP contribution in [-0.2, 0) is 6.42 Å². The molecule has 0 saturated carbocycles. The van der Waals surface area contributed by atoms with Gasteiger partial charge < -0.3 is 19.3 Å². The zero-order valence-electron chi connectivity index (χ0n) is 15.7. The quantitative estimate of drug-likeness (QED) is 0.660. The fourth-order valence-corrected chi connectivity index (χ4v) is 3.60. The second-order valence-corrected chi connectivity index (χ2v) is 7.17. The van der Waals surface area contributed by atoms with Crippen LogP contribution in [-0.4, -0.2) is 56.7 Å². The number of halogens is 2. The van der Waals surface area contributed by atoms with Gasteiger partial charge in [-0.3, -0.25) is 4.79 Å². The van der Waals surface area contributed by atoms with E-state index in [2.05, 4.69) is 25.8 Å². The van der Waals surface area contributed by atoms with Gasteiger partial charge in [-0.2, -0.15) is 0 Å². The minimum atomic E-state index is -0.0926. The summed E-state index contributed by atoms with van der Waals surface area (Å²) in [6.45, 7) is 0.593. The molecule has 3 rings (SSSR count). The number of anilines is 1. The molecule has 0 aliphatic carbocycles. The van der Waals surface area contributed by atoms with Crippen LogP contribution in [0.5, 0.6) is 11.5 Å². The van der Waals surface area contributed by atoms with Crippen LogP contribution in [0.2, 0.25) is 0 Å². The number of carbonyl (C=O) groups is 1. The lowest BCUT2D eigenvalue weighted by atomic mass is 9.95. The van der Waals surface area contributed by atoms with Gasteiger partial charge in [0, 0.05) is 24.8 Å². The van der Waals surface area contributed by atoms with Gasteiger partial charge in [-0.05, 0) is 60.2 Å². The summed E-state index contributed by atoms with van der Waals surface area (Å²) in [5.41, 5.74) is 2.44. The fourth-order valence-electron chi connectivity index (χ4n) is 3.18. The van der Waals surface area contributed by atoms with Gasteiger partial charge in [-0.1, -0.05) is 0 Å². The molecule has 1 atom stereocenters. The van der Waals surface area contributed by atoms with Crippen LogP contribution in [0.3, 0.4) is 0 Å². The monoisotopic (exact) mass is 455 g/mol. The zero-order chi connectivity index (χ0) is 18.8. The van der Waals surface area contributed by atoms with Crippen LogP contribution < -0.4 is 14.4 Å². The lowest BCUT2D eigenvalue weighted by Gasteiger charge is -2.38. The summed E-state index contributed by atoms with van der Waals surface area (Å²) in [7, 11) is 7.27. The molecular formula is C19H23BrClN3O3. The molecule has 0 bridgehead atoms. The third kappa shape index (κ3) is 4.20. The van der Waals surface area contributed by atoms with Crippen molar-refractivity contribution in [2.24, 2.45) is 0 Å². The van der Waals surface area contributed by atoms with E-state index < -0.39 is 0 Å². The first-order valence-corrected chi connectivity index (χ1v) is 9.09. The molecule has 146 valence electrons. The lowest BCUT2D eigenvalue weighted by molar-refractivity contribution is 0.0974. The van der Waals surface area contributed by atoms with Crippen molar-refractivity contribution in [1.82, 2.24) is 9.88 Å². The summed E-state index contributed by atoms with van der Waals surface area (Å²) < 4.78 is 11.4. The van der Waals surface area contributed by atoms with E-state index in [1.54, 1.807) is 37.4 Å². The number of methoxy groups -OCH3 is 2. The van der Waals surface area contributed by atoms with Crippen molar-refractivity contribution < 1.29 is 14.3 Å². The molecule has 2 heterocycles. The smallest absolute Gasteiger partial charge is 0.261 e. The Morgan fingerprint density at radius 2 is 1.93 bits per heavy atom. The maximum Gasteiger partial charge on any atom is 0.261 e. The van der Waals surface area contributed by atoms with Gasteiger partial charge in [0.2, 0.25) is 0 Å². The number of carbonyl (C=O) groups excluding carboxylic acids is 1. The third-order valence-electron chi connectivity index (χ3n) is 4.69. The summed E-state index contributed by atoms with van der Waals surface area (Å²) in [6.07, 6.45) is 2.49. The minimum Gasteiger partial charge on any atom is -0.493 e. The number of pyridine rings is 1. The summed E-state index contributed by atoms with van der Waals surface area (Å²) in [6, 6.07) is 7.59. The Labute approximate surface area is 174 Å². The minimum absolute atomic E-state index is 0. The molecular weight excluding hydrogens is 434 g/mol. The SMILES string of the molecule is COc1cc2c(cc1OC)N(C(=O)c1cccnc1Br)CC(N(C)C)C2.Cl. The molecule has 0 spiro atoms. The molecule has 0 fully saturated rings. The van der Waals surface area contributed by atoms with Gasteiger partial charge in [0.25, 0.3) is 5.91 Å².